The minimum atomic E-state index is -4.90. The fourth-order valence-electron chi connectivity index (χ4n) is 5.27. The summed E-state index contributed by atoms with van der Waals surface area (Å²) in [6.07, 6.45) is -0.161. The Kier molecular flexibility index (Phi) is 6.64. The molecule has 0 fully saturated rings. The molecule has 0 radical (unpaired) electrons. The van der Waals surface area contributed by atoms with Crippen molar-refractivity contribution < 1.29 is 37.4 Å². The Morgan fingerprint density at radius 1 is 1.02 bits per heavy atom. The van der Waals surface area contributed by atoms with Crippen LogP contribution in [0.4, 0.5) is 30.2 Å². The third-order valence-corrected chi connectivity index (χ3v) is 7.21. The Morgan fingerprint density at radius 2 is 1.82 bits per heavy atom. The van der Waals surface area contributed by atoms with Crippen molar-refractivity contribution in [3.05, 3.63) is 94.9 Å². The molecular formula is C31H22F3N5O5. The highest BCUT2D eigenvalue weighted by atomic mass is 19.4. The molecule has 7 N–H and O–H groups in total. The standard InChI is InChI=1S/C31H22F3N5O5/c1-44-25-10-14(28(35)40)8-24(27(25)20-13-37-23-9-15(30(42)43)7-21(26(20)23)31(32,33)34)38-17-4-5-18-19(11-16-3-2-6-36-16)29(41)39-22(18)12-17/h2-13,36-38H,1H3,(H2,35,40)(H,39,41)(H,42,43). The number of carbonyl (C=O) groups excluding carboxylic acids is 2. The molecular weight excluding hydrogens is 579 g/mol. The summed E-state index contributed by atoms with van der Waals surface area (Å²) in [4.78, 5) is 42.3. The molecule has 5 aromatic rings. The minimum absolute atomic E-state index is 0.0165. The van der Waals surface area contributed by atoms with Gasteiger partial charge in [-0.25, -0.2) is 4.79 Å². The van der Waals surface area contributed by atoms with Crippen molar-refractivity contribution in [1.82, 2.24) is 9.97 Å². The summed E-state index contributed by atoms with van der Waals surface area (Å²) < 4.78 is 48.4. The van der Waals surface area contributed by atoms with E-state index in [0.717, 1.165) is 11.8 Å². The van der Waals surface area contributed by atoms with Gasteiger partial charge in [-0.3, -0.25) is 9.59 Å². The van der Waals surface area contributed by atoms with Crippen molar-refractivity contribution in [3.8, 4) is 16.9 Å². The van der Waals surface area contributed by atoms with Crippen LogP contribution in [0.5, 0.6) is 5.75 Å². The van der Waals surface area contributed by atoms with Gasteiger partial charge in [-0.1, -0.05) is 6.07 Å². The van der Waals surface area contributed by atoms with Gasteiger partial charge in [-0.2, -0.15) is 13.2 Å². The van der Waals surface area contributed by atoms with Crippen LogP contribution in [0.3, 0.4) is 0 Å². The van der Waals surface area contributed by atoms with Crippen LogP contribution in [0.25, 0.3) is 33.7 Å². The zero-order valence-corrected chi connectivity index (χ0v) is 22.7. The Balaban J connectivity index is 1.52. The molecule has 2 amide bonds. The van der Waals surface area contributed by atoms with Crippen LogP contribution in [0, 0.1) is 0 Å². The van der Waals surface area contributed by atoms with Crippen molar-refractivity contribution in [3.63, 3.8) is 0 Å². The maximum Gasteiger partial charge on any atom is 0.417 e. The van der Waals surface area contributed by atoms with Gasteiger partial charge in [0.05, 0.1) is 35.2 Å². The third kappa shape index (κ3) is 4.89. The van der Waals surface area contributed by atoms with Crippen LogP contribution in [0.1, 0.15) is 37.5 Å². The summed E-state index contributed by atoms with van der Waals surface area (Å²) in [5, 5.41) is 15.1. The first-order chi connectivity index (χ1) is 20.9. The third-order valence-electron chi connectivity index (χ3n) is 7.21. The van der Waals surface area contributed by atoms with E-state index in [1.54, 1.807) is 36.5 Å². The summed E-state index contributed by atoms with van der Waals surface area (Å²) in [7, 11) is 1.29. The number of alkyl halides is 3. The molecule has 0 unspecified atom stereocenters. The number of methoxy groups -OCH3 is 1. The van der Waals surface area contributed by atoms with E-state index in [4.69, 9.17) is 10.5 Å². The zero-order valence-electron chi connectivity index (χ0n) is 22.7. The molecule has 1 aliphatic heterocycles. The number of amides is 2. The van der Waals surface area contributed by atoms with Gasteiger partial charge in [0.1, 0.15) is 5.75 Å². The van der Waals surface area contributed by atoms with E-state index in [2.05, 4.69) is 20.6 Å². The van der Waals surface area contributed by atoms with Crippen molar-refractivity contribution in [2.75, 3.05) is 17.7 Å². The van der Waals surface area contributed by atoms with Gasteiger partial charge in [-0.15, -0.1) is 0 Å². The summed E-state index contributed by atoms with van der Waals surface area (Å²) in [5.41, 5.74) is 6.87. The van der Waals surface area contributed by atoms with E-state index in [-0.39, 0.29) is 44.9 Å². The smallest absolute Gasteiger partial charge is 0.417 e. The number of benzene rings is 3. The topological polar surface area (TPSA) is 162 Å². The largest absolute Gasteiger partial charge is 0.496 e. The second kappa shape index (κ2) is 10.4. The van der Waals surface area contributed by atoms with E-state index in [1.165, 1.54) is 25.4 Å². The van der Waals surface area contributed by atoms with E-state index in [9.17, 15) is 32.7 Å². The average Bonchev–Trinajstić information content (AvgIpc) is 3.71. The quantitative estimate of drug-likeness (QED) is 0.121. The number of rotatable bonds is 7. The number of halogens is 3. The van der Waals surface area contributed by atoms with Gasteiger partial charge in [-0.05, 0) is 54.6 Å². The van der Waals surface area contributed by atoms with Gasteiger partial charge in [0.25, 0.3) is 5.91 Å². The number of carboxylic acids is 1. The number of anilines is 3. The summed E-state index contributed by atoms with van der Waals surface area (Å²) in [5.74, 6) is -2.61. The fourth-order valence-corrected chi connectivity index (χ4v) is 5.27. The first kappa shape index (κ1) is 28.2. The van der Waals surface area contributed by atoms with Crippen LogP contribution in [-0.4, -0.2) is 40.0 Å². The molecule has 0 saturated carbocycles. The van der Waals surface area contributed by atoms with Gasteiger partial charge in [0.2, 0.25) is 5.91 Å². The lowest BCUT2D eigenvalue weighted by molar-refractivity contribution is -0.136. The Bertz CT molecular complexity index is 2030. The first-order valence-corrected chi connectivity index (χ1v) is 13.0. The Morgan fingerprint density at radius 3 is 2.48 bits per heavy atom. The SMILES string of the molecule is COc1cc(C(N)=O)cc(Nc2ccc3c(c2)NC(=O)C3=Cc2ccc[nH]2)c1-c1c[nH]c2cc(C(=O)O)cc(C(F)(F)F)c12. The van der Waals surface area contributed by atoms with E-state index in [0.29, 0.717) is 28.6 Å². The maximum atomic E-state index is 14.3. The van der Waals surface area contributed by atoms with Gasteiger partial charge < -0.3 is 36.2 Å². The molecule has 1 aliphatic rings. The highest BCUT2D eigenvalue weighted by molar-refractivity contribution is 6.35. The number of hydrogen-bond donors (Lipinski definition) is 6. The normalized spacial score (nSPS) is 13.6. The zero-order chi connectivity index (χ0) is 31.3. The summed E-state index contributed by atoms with van der Waals surface area (Å²) in [6.45, 7) is 0. The molecule has 6 rings (SSSR count). The number of fused-ring (bicyclic) bond motifs is 2. The number of H-pyrrole nitrogens is 2. The molecule has 0 saturated heterocycles. The summed E-state index contributed by atoms with van der Waals surface area (Å²) in [6, 6.07) is 13.0. The molecule has 3 heterocycles. The Hall–Kier alpha value is -5.98. The number of nitrogens with one attached hydrogen (secondary N) is 4. The number of carboxylic acid groups (broad SMARTS) is 1. The number of aromatic nitrogens is 2. The molecule has 13 heteroatoms. The van der Waals surface area contributed by atoms with Gasteiger partial charge >= 0.3 is 12.1 Å². The van der Waals surface area contributed by atoms with Crippen molar-refractivity contribution in [1.29, 1.82) is 0 Å². The molecule has 222 valence electrons. The van der Waals surface area contributed by atoms with Crippen LogP contribution in [0.15, 0.2) is 67.0 Å². The number of ether oxygens (including phenoxy) is 1. The lowest BCUT2D eigenvalue weighted by atomic mass is 9.95. The molecule has 2 aromatic heterocycles. The van der Waals surface area contributed by atoms with Crippen LogP contribution >= 0.6 is 0 Å². The number of aromatic carboxylic acids is 1. The number of aromatic amines is 2. The second-order valence-corrected chi connectivity index (χ2v) is 9.94. The number of primary amides is 1. The molecule has 0 atom stereocenters. The van der Waals surface area contributed by atoms with Crippen LogP contribution in [-0.2, 0) is 11.0 Å². The molecule has 10 nitrogen and oxygen atoms in total. The van der Waals surface area contributed by atoms with Crippen molar-refractivity contribution in [2.24, 2.45) is 5.73 Å². The minimum Gasteiger partial charge on any atom is -0.496 e. The van der Waals surface area contributed by atoms with E-state index < -0.39 is 29.2 Å². The van der Waals surface area contributed by atoms with E-state index >= 15 is 0 Å². The second-order valence-electron chi connectivity index (χ2n) is 9.94. The van der Waals surface area contributed by atoms with E-state index in [1.807, 2.05) is 6.07 Å². The van der Waals surface area contributed by atoms with Gasteiger partial charge in [0.15, 0.2) is 0 Å². The molecule has 3 aromatic carbocycles. The van der Waals surface area contributed by atoms with Crippen LogP contribution in [0.2, 0.25) is 0 Å². The fraction of sp³-hybridized carbons (Fsp3) is 0.0645. The monoisotopic (exact) mass is 601 g/mol. The number of carbonyl (C=O) groups is 3. The first-order valence-electron chi connectivity index (χ1n) is 13.0. The van der Waals surface area contributed by atoms with Crippen molar-refractivity contribution in [2.45, 2.75) is 6.18 Å². The van der Waals surface area contributed by atoms with Crippen molar-refractivity contribution >= 4 is 57.4 Å². The maximum absolute atomic E-state index is 14.3. The number of nitrogens with two attached hydrogens (primary N) is 1. The Labute approximate surface area is 246 Å². The number of hydrogen-bond acceptors (Lipinski definition) is 5. The molecule has 0 bridgehead atoms. The van der Waals surface area contributed by atoms with Gasteiger partial charge in [0, 0.05) is 56.9 Å². The lowest BCUT2D eigenvalue weighted by Gasteiger charge is -2.19. The lowest BCUT2D eigenvalue weighted by Crippen LogP contribution is -2.12. The predicted molar refractivity (Wildman–Crippen MR) is 158 cm³/mol. The predicted octanol–water partition coefficient (Wildman–Crippen LogP) is 6.22. The molecule has 44 heavy (non-hydrogen) atoms. The summed E-state index contributed by atoms with van der Waals surface area (Å²) >= 11 is 0. The average molecular weight is 602 g/mol. The highest BCUT2D eigenvalue weighted by Gasteiger charge is 2.36. The molecule has 0 spiro atoms. The molecule has 0 aliphatic carbocycles. The highest BCUT2D eigenvalue weighted by Crippen LogP contribution is 2.47. The van der Waals surface area contributed by atoms with Crippen LogP contribution < -0.4 is 21.1 Å².